The number of aryl methyl sites for hydroxylation is 1. The molecule has 0 aliphatic rings. The predicted octanol–water partition coefficient (Wildman–Crippen LogP) is 3.50. The monoisotopic (exact) mass is 369 g/mol. The Morgan fingerprint density at radius 2 is 2.08 bits per heavy atom. The maximum absolute atomic E-state index is 13.6. The number of nitrogens with zero attached hydrogens (tertiary/aromatic N) is 4. The third-order valence-electron chi connectivity index (χ3n) is 3.69. The zero-order valence-electron chi connectivity index (χ0n) is 13.5. The van der Waals surface area contributed by atoms with Crippen molar-refractivity contribution in [1.82, 2.24) is 14.8 Å². The predicted molar refractivity (Wildman–Crippen MR) is 94.4 cm³/mol. The summed E-state index contributed by atoms with van der Waals surface area (Å²) in [6.07, 6.45) is 5.17. The summed E-state index contributed by atoms with van der Waals surface area (Å²) < 4.78 is 15.1. The first-order valence-corrected chi connectivity index (χ1v) is 8.08. The largest absolute Gasteiger partial charge is 0.322 e. The van der Waals surface area contributed by atoms with E-state index >= 15 is 0 Å². The number of hydrogen-bond donors (Lipinski definition) is 1. The lowest BCUT2D eigenvalue weighted by molar-refractivity contribution is -0.116. The summed E-state index contributed by atoms with van der Waals surface area (Å²) in [6, 6.07) is 9.53. The number of aromatic nitrogens is 3. The Balaban J connectivity index is 1.63. The molecule has 0 aliphatic carbocycles. The van der Waals surface area contributed by atoms with Gasteiger partial charge in [-0.05, 0) is 36.2 Å². The van der Waals surface area contributed by atoms with E-state index in [1.807, 2.05) is 0 Å². The van der Waals surface area contributed by atoms with Crippen LogP contribution in [0.25, 0.3) is 5.69 Å². The zero-order valence-corrected chi connectivity index (χ0v) is 14.2. The van der Waals surface area contributed by atoms with Gasteiger partial charge in [0.15, 0.2) is 5.15 Å². The van der Waals surface area contributed by atoms with Gasteiger partial charge in [0.1, 0.15) is 11.9 Å². The van der Waals surface area contributed by atoms with Crippen molar-refractivity contribution in [2.45, 2.75) is 12.8 Å². The second-order valence-electron chi connectivity index (χ2n) is 5.44. The Labute approximate surface area is 153 Å². The van der Waals surface area contributed by atoms with E-state index in [1.54, 1.807) is 36.7 Å². The minimum atomic E-state index is -0.591. The van der Waals surface area contributed by atoms with Gasteiger partial charge < -0.3 is 5.32 Å². The fourth-order valence-electron chi connectivity index (χ4n) is 2.36. The Kier molecular flexibility index (Phi) is 5.25. The van der Waals surface area contributed by atoms with E-state index in [9.17, 15) is 9.18 Å². The van der Waals surface area contributed by atoms with Crippen LogP contribution in [0.5, 0.6) is 0 Å². The minimum absolute atomic E-state index is 0.0199. The first-order valence-electron chi connectivity index (χ1n) is 7.71. The van der Waals surface area contributed by atoms with Crippen molar-refractivity contribution >= 4 is 23.2 Å². The van der Waals surface area contributed by atoms with Crippen LogP contribution >= 0.6 is 11.6 Å². The molecule has 8 heteroatoms. The topological polar surface area (TPSA) is 83.6 Å². The summed E-state index contributed by atoms with van der Waals surface area (Å²) in [5.41, 5.74) is 1.72. The number of anilines is 1. The van der Waals surface area contributed by atoms with Crippen molar-refractivity contribution in [2.24, 2.45) is 0 Å². The van der Waals surface area contributed by atoms with E-state index in [1.165, 1.54) is 23.0 Å². The molecule has 0 aliphatic heterocycles. The van der Waals surface area contributed by atoms with Gasteiger partial charge in [-0.15, -0.1) is 0 Å². The molecule has 0 saturated heterocycles. The number of halogens is 2. The number of carbonyl (C=O) groups is 1. The van der Waals surface area contributed by atoms with E-state index in [4.69, 9.17) is 16.9 Å². The van der Waals surface area contributed by atoms with Crippen molar-refractivity contribution < 1.29 is 9.18 Å². The number of nitriles is 1. The van der Waals surface area contributed by atoms with E-state index < -0.39 is 5.82 Å². The van der Waals surface area contributed by atoms with Gasteiger partial charge in [-0.25, -0.2) is 9.07 Å². The van der Waals surface area contributed by atoms with Crippen LogP contribution in [0.15, 0.2) is 48.9 Å². The highest BCUT2D eigenvalue weighted by molar-refractivity contribution is 6.32. The average molecular weight is 370 g/mol. The van der Waals surface area contributed by atoms with Crippen LogP contribution in [-0.4, -0.2) is 20.7 Å². The fraction of sp³-hybridized carbons (Fsp3) is 0.111. The fourth-order valence-corrected chi connectivity index (χ4v) is 2.60. The van der Waals surface area contributed by atoms with Gasteiger partial charge in [0, 0.05) is 18.8 Å². The van der Waals surface area contributed by atoms with Crippen LogP contribution in [0.3, 0.4) is 0 Å². The Hall–Kier alpha value is -3.24. The molecule has 2 heterocycles. The van der Waals surface area contributed by atoms with Gasteiger partial charge in [-0.1, -0.05) is 17.7 Å². The smallest absolute Gasteiger partial charge is 0.224 e. The molecule has 0 saturated carbocycles. The molecule has 6 nitrogen and oxygen atoms in total. The Morgan fingerprint density at radius 3 is 2.77 bits per heavy atom. The molecule has 3 rings (SSSR count). The molecule has 3 aromatic rings. The number of rotatable bonds is 5. The molecule has 0 unspecified atom stereocenters. The van der Waals surface area contributed by atoms with Gasteiger partial charge in [-0.3, -0.25) is 9.78 Å². The lowest BCUT2D eigenvalue weighted by Gasteiger charge is -2.06. The molecule has 0 spiro atoms. The normalized spacial score (nSPS) is 10.3. The molecule has 1 N–H and O–H groups in total. The lowest BCUT2D eigenvalue weighted by atomic mass is 10.1. The second kappa shape index (κ2) is 7.76. The highest BCUT2D eigenvalue weighted by Crippen LogP contribution is 2.24. The number of nitrogens with one attached hydrogen (secondary N) is 1. The standard InChI is InChI=1S/C18H13ClFN5O/c19-18-16(11-23-25(18)14-5-7-22-8-6-14)24-17(26)4-2-12-1-3-13(10-21)15(20)9-12/h1,3,5-9,11H,2,4H2,(H,24,26). The summed E-state index contributed by atoms with van der Waals surface area (Å²) in [5, 5.41) is 15.8. The van der Waals surface area contributed by atoms with Crippen molar-refractivity contribution in [3.8, 4) is 11.8 Å². The Bertz CT molecular complexity index is 981. The first-order chi connectivity index (χ1) is 12.6. The minimum Gasteiger partial charge on any atom is -0.322 e. The van der Waals surface area contributed by atoms with E-state index in [0.717, 1.165) is 5.69 Å². The number of hydrogen-bond acceptors (Lipinski definition) is 4. The highest BCUT2D eigenvalue weighted by atomic mass is 35.5. The maximum Gasteiger partial charge on any atom is 0.224 e. The first kappa shape index (κ1) is 17.6. The van der Waals surface area contributed by atoms with Crippen molar-refractivity contribution in [2.75, 3.05) is 5.32 Å². The Morgan fingerprint density at radius 1 is 1.31 bits per heavy atom. The van der Waals surface area contributed by atoms with Crippen molar-refractivity contribution in [1.29, 1.82) is 5.26 Å². The molecule has 1 amide bonds. The van der Waals surface area contributed by atoms with E-state index in [2.05, 4.69) is 15.4 Å². The van der Waals surface area contributed by atoms with Crippen LogP contribution < -0.4 is 5.32 Å². The van der Waals surface area contributed by atoms with Crippen LogP contribution in [0.4, 0.5) is 10.1 Å². The molecular formula is C18H13ClFN5O. The summed E-state index contributed by atoms with van der Waals surface area (Å²) >= 11 is 6.26. The van der Waals surface area contributed by atoms with Crippen molar-refractivity contribution in [3.05, 3.63) is 71.0 Å². The van der Waals surface area contributed by atoms with Crippen LogP contribution in [0.1, 0.15) is 17.5 Å². The molecular weight excluding hydrogens is 357 g/mol. The summed E-state index contributed by atoms with van der Waals surface area (Å²) in [5.74, 6) is -0.863. The second-order valence-corrected chi connectivity index (χ2v) is 5.80. The van der Waals surface area contributed by atoms with Crippen molar-refractivity contribution in [3.63, 3.8) is 0 Å². The molecule has 26 heavy (non-hydrogen) atoms. The number of benzene rings is 1. The van der Waals surface area contributed by atoms with E-state index in [0.29, 0.717) is 17.7 Å². The van der Waals surface area contributed by atoms with Gasteiger partial charge in [-0.2, -0.15) is 10.4 Å². The molecule has 130 valence electrons. The lowest BCUT2D eigenvalue weighted by Crippen LogP contribution is -2.12. The molecule has 0 radical (unpaired) electrons. The molecule has 0 fully saturated rings. The average Bonchev–Trinajstić information content (AvgIpc) is 3.01. The van der Waals surface area contributed by atoms with Crippen LogP contribution in [-0.2, 0) is 11.2 Å². The molecule has 0 bridgehead atoms. The number of pyridine rings is 1. The van der Waals surface area contributed by atoms with Crippen LogP contribution in [0, 0.1) is 17.1 Å². The zero-order chi connectivity index (χ0) is 18.5. The molecule has 2 aromatic heterocycles. The summed E-state index contributed by atoms with van der Waals surface area (Å²) in [7, 11) is 0. The maximum atomic E-state index is 13.6. The van der Waals surface area contributed by atoms with Gasteiger partial charge in [0.2, 0.25) is 5.91 Å². The highest BCUT2D eigenvalue weighted by Gasteiger charge is 2.13. The molecule has 0 atom stereocenters. The van der Waals surface area contributed by atoms with Crippen LogP contribution in [0.2, 0.25) is 5.15 Å². The summed E-state index contributed by atoms with van der Waals surface area (Å²) in [6.45, 7) is 0. The number of carbonyl (C=O) groups excluding carboxylic acids is 1. The number of amides is 1. The van der Waals surface area contributed by atoms with E-state index in [-0.39, 0.29) is 23.0 Å². The summed E-state index contributed by atoms with van der Waals surface area (Å²) in [4.78, 5) is 16.1. The van der Waals surface area contributed by atoms with Gasteiger partial charge in [0.25, 0.3) is 0 Å². The third-order valence-corrected chi connectivity index (χ3v) is 4.05. The third kappa shape index (κ3) is 3.87. The molecule has 1 aromatic carbocycles. The SMILES string of the molecule is N#Cc1ccc(CCC(=O)Nc2cnn(-c3ccncc3)c2Cl)cc1F. The quantitative estimate of drug-likeness (QED) is 0.746. The van der Waals surface area contributed by atoms with Gasteiger partial charge >= 0.3 is 0 Å². The van der Waals surface area contributed by atoms with Gasteiger partial charge in [0.05, 0.1) is 23.1 Å².